The lowest BCUT2D eigenvalue weighted by Gasteiger charge is -2.53. The first-order chi connectivity index (χ1) is 14.1. The molecule has 156 valence electrons. The summed E-state index contributed by atoms with van der Waals surface area (Å²) in [6.07, 6.45) is 4.72. The fraction of sp³-hybridized carbons (Fsp3) is 0.545. The first kappa shape index (κ1) is 19.9. The van der Waals surface area contributed by atoms with Crippen molar-refractivity contribution in [2.45, 2.75) is 31.4 Å². The summed E-state index contributed by atoms with van der Waals surface area (Å²) in [6, 6.07) is 8.37. The monoisotopic (exact) mass is 399 g/mol. The summed E-state index contributed by atoms with van der Waals surface area (Å²) in [5.74, 6) is 1.49. The third-order valence-electron chi connectivity index (χ3n) is 6.43. The Morgan fingerprint density at radius 3 is 2.45 bits per heavy atom. The predicted octanol–water partition coefficient (Wildman–Crippen LogP) is 2.62. The van der Waals surface area contributed by atoms with Gasteiger partial charge in [-0.3, -0.25) is 4.90 Å². The molecule has 1 aromatic heterocycles. The van der Waals surface area contributed by atoms with E-state index in [9.17, 15) is 5.11 Å². The molecule has 1 saturated heterocycles. The smallest absolute Gasteiger partial charge is 0.319 e. The van der Waals surface area contributed by atoms with Crippen LogP contribution in [0.3, 0.4) is 0 Å². The van der Waals surface area contributed by atoms with Crippen LogP contribution < -0.4 is 14.2 Å². The molecule has 0 amide bonds. The van der Waals surface area contributed by atoms with Crippen LogP contribution in [0.15, 0.2) is 30.5 Å². The van der Waals surface area contributed by atoms with Crippen molar-refractivity contribution in [2.75, 3.05) is 34.4 Å². The molecular weight excluding hydrogens is 370 g/mol. The van der Waals surface area contributed by atoms with Gasteiger partial charge in [-0.05, 0) is 18.9 Å². The van der Waals surface area contributed by atoms with E-state index >= 15 is 0 Å². The zero-order valence-electron chi connectivity index (χ0n) is 17.3. The SMILES string of the molecule is COc1ncc(C2(O)C3CCCC2CN(Cc2ccccc2OC)C3)c(OC)n1. The van der Waals surface area contributed by atoms with Crippen LogP contribution in [0.5, 0.6) is 17.6 Å². The molecule has 7 heteroatoms. The number of fused-ring (bicyclic) bond motifs is 2. The van der Waals surface area contributed by atoms with Gasteiger partial charge in [0.1, 0.15) is 11.4 Å². The first-order valence-electron chi connectivity index (χ1n) is 10.1. The zero-order valence-corrected chi connectivity index (χ0v) is 17.3. The van der Waals surface area contributed by atoms with Crippen molar-refractivity contribution >= 4 is 0 Å². The van der Waals surface area contributed by atoms with Gasteiger partial charge in [0.2, 0.25) is 5.88 Å². The lowest BCUT2D eigenvalue weighted by molar-refractivity contribution is -0.149. The Labute approximate surface area is 171 Å². The van der Waals surface area contributed by atoms with Crippen molar-refractivity contribution < 1.29 is 19.3 Å². The highest BCUT2D eigenvalue weighted by Gasteiger charge is 2.53. The van der Waals surface area contributed by atoms with E-state index in [0.717, 1.165) is 44.6 Å². The van der Waals surface area contributed by atoms with E-state index in [1.165, 1.54) is 12.7 Å². The molecule has 29 heavy (non-hydrogen) atoms. The molecule has 2 heterocycles. The van der Waals surface area contributed by atoms with E-state index in [1.807, 2.05) is 18.2 Å². The predicted molar refractivity (Wildman–Crippen MR) is 108 cm³/mol. The van der Waals surface area contributed by atoms with Crippen LogP contribution in [-0.2, 0) is 12.1 Å². The lowest BCUT2D eigenvalue weighted by atomic mass is 9.63. The molecule has 2 aliphatic rings. The molecule has 1 aromatic carbocycles. The van der Waals surface area contributed by atoms with Crippen LogP contribution in [0.25, 0.3) is 0 Å². The molecule has 2 unspecified atom stereocenters. The van der Waals surface area contributed by atoms with Crippen LogP contribution in [-0.4, -0.2) is 54.4 Å². The Hall–Kier alpha value is -2.38. The molecule has 1 aliphatic carbocycles. The van der Waals surface area contributed by atoms with Crippen molar-refractivity contribution in [3.63, 3.8) is 0 Å². The van der Waals surface area contributed by atoms with Crippen LogP contribution in [0.4, 0.5) is 0 Å². The number of methoxy groups -OCH3 is 3. The van der Waals surface area contributed by atoms with Crippen molar-refractivity contribution in [1.29, 1.82) is 0 Å². The van der Waals surface area contributed by atoms with E-state index in [0.29, 0.717) is 11.4 Å². The van der Waals surface area contributed by atoms with E-state index in [4.69, 9.17) is 14.2 Å². The highest BCUT2D eigenvalue weighted by atomic mass is 16.5. The molecule has 1 saturated carbocycles. The molecule has 2 bridgehead atoms. The number of benzene rings is 1. The third-order valence-corrected chi connectivity index (χ3v) is 6.43. The standard InChI is InChI=1S/C22H29N3O4/c1-27-19-10-5-4-7-15(19)12-25-13-16-8-6-9-17(14-25)22(16,26)18-11-23-21(29-3)24-20(18)28-2/h4-5,7,10-11,16-17,26H,6,8-9,12-14H2,1-3H3. The number of aliphatic hydroxyl groups is 1. The number of para-hydroxylation sites is 1. The molecule has 1 aliphatic heterocycles. The first-order valence-corrected chi connectivity index (χ1v) is 10.1. The van der Waals surface area contributed by atoms with Gasteiger partial charge in [-0.25, -0.2) is 4.98 Å². The van der Waals surface area contributed by atoms with Crippen molar-refractivity contribution in [1.82, 2.24) is 14.9 Å². The molecule has 2 aromatic rings. The maximum atomic E-state index is 11.9. The number of nitrogens with zero attached hydrogens (tertiary/aromatic N) is 3. The average Bonchev–Trinajstić information content (AvgIpc) is 2.74. The number of piperidine rings is 1. The van der Waals surface area contributed by atoms with E-state index < -0.39 is 5.60 Å². The highest BCUT2D eigenvalue weighted by Crippen LogP contribution is 2.51. The van der Waals surface area contributed by atoms with Gasteiger partial charge >= 0.3 is 6.01 Å². The highest BCUT2D eigenvalue weighted by molar-refractivity contribution is 5.35. The average molecular weight is 399 g/mol. The number of aromatic nitrogens is 2. The number of hydrogen-bond acceptors (Lipinski definition) is 7. The fourth-order valence-corrected chi connectivity index (χ4v) is 5.07. The van der Waals surface area contributed by atoms with Gasteiger partial charge in [-0.2, -0.15) is 4.98 Å². The van der Waals surface area contributed by atoms with Crippen LogP contribution in [0.2, 0.25) is 0 Å². The number of likely N-dealkylation sites (tertiary alicyclic amines) is 1. The van der Waals surface area contributed by atoms with E-state index in [-0.39, 0.29) is 17.8 Å². The number of rotatable bonds is 6. The number of hydrogen-bond donors (Lipinski definition) is 1. The van der Waals surface area contributed by atoms with Gasteiger partial charge in [0.15, 0.2) is 0 Å². The van der Waals surface area contributed by atoms with Crippen LogP contribution in [0.1, 0.15) is 30.4 Å². The van der Waals surface area contributed by atoms with Crippen molar-refractivity contribution in [2.24, 2.45) is 11.8 Å². The van der Waals surface area contributed by atoms with Crippen LogP contribution in [0, 0.1) is 11.8 Å². The van der Waals surface area contributed by atoms with E-state index in [1.54, 1.807) is 20.4 Å². The Morgan fingerprint density at radius 1 is 1.07 bits per heavy atom. The molecular formula is C22H29N3O4. The van der Waals surface area contributed by atoms with Gasteiger partial charge in [0.05, 0.1) is 26.9 Å². The quantitative estimate of drug-likeness (QED) is 0.800. The fourth-order valence-electron chi connectivity index (χ4n) is 5.07. The molecule has 1 N–H and O–H groups in total. The molecule has 7 nitrogen and oxygen atoms in total. The molecule has 0 spiro atoms. The Balaban J connectivity index is 1.62. The summed E-state index contributed by atoms with van der Waals surface area (Å²) >= 11 is 0. The Kier molecular flexibility index (Phi) is 5.61. The zero-order chi connectivity index (χ0) is 20.4. The summed E-state index contributed by atoms with van der Waals surface area (Å²) in [5, 5.41) is 11.9. The second-order valence-corrected chi connectivity index (χ2v) is 7.94. The molecule has 2 fully saturated rings. The Morgan fingerprint density at radius 2 is 1.79 bits per heavy atom. The lowest BCUT2D eigenvalue weighted by Crippen LogP contribution is -2.58. The summed E-state index contributed by atoms with van der Waals surface area (Å²) in [5.41, 5.74) is 0.851. The molecule has 4 rings (SSSR count). The summed E-state index contributed by atoms with van der Waals surface area (Å²) in [7, 11) is 4.80. The minimum atomic E-state index is -0.993. The van der Waals surface area contributed by atoms with Gasteiger partial charge in [-0.15, -0.1) is 0 Å². The summed E-state index contributed by atoms with van der Waals surface area (Å²) < 4.78 is 16.2. The molecule has 2 atom stereocenters. The van der Waals surface area contributed by atoms with Gasteiger partial charge in [0.25, 0.3) is 0 Å². The minimum Gasteiger partial charge on any atom is -0.496 e. The van der Waals surface area contributed by atoms with Gasteiger partial charge in [-0.1, -0.05) is 24.6 Å². The van der Waals surface area contributed by atoms with Gasteiger partial charge in [0, 0.05) is 43.2 Å². The van der Waals surface area contributed by atoms with Crippen molar-refractivity contribution in [3.8, 4) is 17.6 Å². The normalized spacial score (nSPS) is 26.8. The Bertz CT molecular complexity index is 846. The van der Waals surface area contributed by atoms with Gasteiger partial charge < -0.3 is 19.3 Å². The maximum Gasteiger partial charge on any atom is 0.319 e. The van der Waals surface area contributed by atoms with Crippen molar-refractivity contribution in [3.05, 3.63) is 41.6 Å². The van der Waals surface area contributed by atoms with E-state index in [2.05, 4.69) is 20.9 Å². The largest absolute Gasteiger partial charge is 0.496 e. The second kappa shape index (κ2) is 8.16. The second-order valence-electron chi connectivity index (χ2n) is 7.94. The molecule has 0 radical (unpaired) electrons. The summed E-state index contributed by atoms with van der Waals surface area (Å²) in [6.45, 7) is 2.42. The minimum absolute atomic E-state index is 0.0932. The van der Waals surface area contributed by atoms with Crippen LogP contribution >= 0.6 is 0 Å². The summed E-state index contributed by atoms with van der Waals surface area (Å²) in [4.78, 5) is 11.0. The topological polar surface area (TPSA) is 76.9 Å². The third kappa shape index (κ3) is 3.53. The number of ether oxygens (including phenoxy) is 3. The maximum absolute atomic E-state index is 11.9.